The van der Waals surface area contributed by atoms with Crippen LogP contribution in [0, 0.1) is 0 Å². The molecule has 18 nitrogen and oxygen atoms in total. The van der Waals surface area contributed by atoms with E-state index in [1.807, 2.05) is 0 Å². The van der Waals surface area contributed by atoms with Gasteiger partial charge in [0.2, 0.25) is 0 Å². The van der Waals surface area contributed by atoms with Crippen LogP contribution in [0.5, 0.6) is 0 Å². The Bertz CT molecular complexity index is 804. The lowest BCUT2D eigenvalue weighted by molar-refractivity contribution is -0.213. The van der Waals surface area contributed by atoms with Gasteiger partial charge in [-0.3, -0.25) is 27.7 Å². The second-order valence-corrected chi connectivity index (χ2v) is 10.2. The second-order valence-electron chi connectivity index (χ2n) is 6.37. The number of rotatable bonds is 12. The number of aliphatic hydroxyl groups excluding tert-OH is 4. The number of aliphatic hydroxyl groups is 4. The number of hydrogen-bond donors (Lipinski definition) is 9. The Labute approximate surface area is 178 Å². The van der Waals surface area contributed by atoms with E-state index in [9.17, 15) is 48.6 Å². The van der Waals surface area contributed by atoms with Crippen molar-refractivity contribution in [2.75, 3.05) is 6.61 Å². The summed E-state index contributed by atoms with van der Waals surface area (Å²) >= 11 is 0. The molecule has 21 heteroatoms. The van der Waals surface area contributed by atoms with Crippen LogP contribution >= 0.6 is 23.5 Å². The summed E-state index contributed by atoms with van der Waals surface area (Å²) in [6.07, 6.45) is -17.6. The molecule has 188 valence electrons. The number of phosphoric ester groups is 3. The number of phosphoric acid groups is 3. The van der Waals surface area contributed by atoms with Gasteiger partial charge in [0, 0.05) is 6.42 Å². The van der Waals surface area contributed by atoms with Gasteiger partial charge in [-0.2, -0.15) is 0 Å². The molecule has 1 rings (SSSR count). The Kier molecular flexibility index (Phi) is 10.4. The largest absolute Gasteiger partial charge is 0.472 e. The fourth-order valence-electron chi connectivity index (χ4n) is 2.56. The first kappa shape index (κ1) is 29.5. The summed E-state index contributed by atoms with van der Waals surface area (Å²) in [5.74, 6) is -1.08. The molecule has 0 heterocycles. The van der Waals surface area contributed by atoms with Crippen molar-refractivity contribution in [2.24, 2.45) is 0 Å². The maximum Gasteiger partial charge on any atom is 0.472 e. The molecule has 5 unspecified atom stereocenters. The molecule has 0 bridgehead atoms. The molecule has 0 saturated heterocycles. The molecule has 0 aromatic heterocycles. The summed E-state index contributed by atoms with van der Waals surface area (Å²) in [5.41, 5.74) is 0. The van der Waals surface area contributed by atoms with Crippen LogP contribution in [0.15, 0.2) is 0 Å². The first-order chi connectivity index (χ1) is 14.4. The zero-order valence-corrected chi connectivity index (χ0v) is 18.3. The fraction of sp³-hybridized carbons (Fsp3) is 0.818. The molecule has 9 N–H and O–H groups in total. The quantitative estimate of drug-likeness (QED) is 0.0655. The molecule has 8 atom stereocenters. The van der Waals surface area contributed by atoms with Gasteiger partial charge in [0.05, 0.1) is 12.7 Å². The number of hydrogen-bond acceptors (Lipinski definition) is 13. The number of carbonyl (C=O) groups excluding carboxylic acids is 2. The molecular weight excluding hydrogens is 513 g/mol. The molecule has 1 saturated carbocycles. The highest BCUT2D eigenvalue weighted by Crippen LogP contribution is 2.51. The van der Waals surface area contributed by atoms with E-state index in [1.54, 1.807) is 0 Å². The highest BCUT2D eigenvalue weighted by atomic mass is 31.2. The Balaban J connectivity index is 3.05. The van der Waals surface area contributed by atoms with Crippen LogP contribution in [0.4, 0.5) is 0 Å². The minimum Gasteiger partial charge on any atom is -0.390 e. The standard InChI is InChI=1S/C11H21O18P3/c12-2-4(13)1-5(14)3-26-32(24,25)29-9-6(15)7(16)10(27-30(18,19)20)11(8(9)17)28-31(21,22)23/h2,5-11,14-17H,1,3H2,(H,24,25)(H2,18,19,20)(H2,21,22,23)/t5-,6?,7-,8+,9?,10?,11?/m1/s1. The van der Waals surface area contributed by atoms with Gasteiger partial charge in [0.25, 0.3) is 0 Å². The normalized spacial score (nSPS) is 32.2. The summed E-state index contributed by atoms with van der Waals surface area (Å²) in [4.78, 5) is 66.5. The predicted octanol–water partition coefficient (Wildman–Crippen LogP) is -3.94. The Morgan fingerprint density at radius 1 is 0.812 bits per heavy atom. The first-order valence-electron chi connectivity index (χ1n) is 8.21. The van der Waals surface area contributed by atoms with Gasteiger partial charge in [-0.05, 0) is 0 Å². The second kappa shape index (κ2) is 11.3. The van der Waals surface area contributed by atoms with E-state index < -0.39 is 85.0 Å². The van der Waals surface area contributed by atoms with Crippen LogP contribution in [-0.4, -0.2) is 106 Å². The molecule has 0 amide bonds. The van der Waals surface area contributed by atoms with Gasteiger partial charge in [0.15, 0.2) is 12.1 Å². The van der Waals surface area contributed by atoms with Gasteiger partial charge in [-0.25, -0.2) is 13.7 Å². The first-order valence-corrected chi connectivity index (χ1v) is 12.8. The molecule has 0 aliphatic heterocycles. The van der Waals surface area contributed by atoms with Gasteiger partial charge in [0.1, 0.15) is 36.6 Å². The molecule has 32 heavy (non-hydrogen) atoms. The molecule has 0 spiro atoms. The molecule has 0 aromatic rings. The van der Waals surface area contributed by atoms with Gasteiger partial charge in [-0.1, -0.05) is 0 Å². The van der Waals surface area contributed by atoms with E-state index in [0.29, 0.717) is 0 Å². The number of carbonyl (C=O) groups is 2. The van der Waals surface area contributed by atoms with Gasteiger partial charge in [-0.15, -0.1) is 0 Å². The van der Waals surface area contributed by atoms with Crippen LogP contribution in [0.25, 0.3) is 0 Å². The third-order valence-electron chi connectivity index (χ3n) is 3.79. The van der Waals surface area contributed by atoms with E-state index in [2.05, 4.69) is 18.1 Å². The van der Waals surface area contributed by atoms with Crippen LogP contribution in [0.1, 0.15) is 6.42 Å². The average Bonchev–Trinajstić information content (AvgIpc) is 2.63. The summed E-state index contributed by atoms with van der Waals surface area (Å²) in [6.45, 7) is -1.07. The van der Waals surface area contributed by atoms with Crippen molar-refractivity contribution in [3.8, 4) is 0 Å². The topological polar surface area (TPSA) is 304 Å². The van der Waals surface area contributed by atoms with Crippen molar-refractivity contribution in [3.05, 3.63) is 0 Å². The minimum atomic E-state index is -5.54. The van der Waals surface area contributed by atoms with Crippen molar-refractivity contribution < 1.29 is 86.3 Å². The lowest BCUT2D eigenvalue weighted by Gasteiger charge is -2.44. The maximum absolute atomic E-state index is 12.0. The highest BCUT2D eigenvalue weighted by Gasteiger charge is 2.56. The van der Waals surface area contributed by atoms with E-state index in [0.717, 1.165) is 0 Å². The zero-order valence-electron chi connectivity index (χ0n) is 15.6. The molecule has 0 radical (unpaired) electrons. The Morgan fingerprint density at radius 3 is 1.69 bits per heavy atom. The van der Waals surface area contributed by atoms with Crippen LogP contribution in [0.3, 0.4) is 0 Å². The molecule has 1 aliphatic carbocycles. The summed E-state index contributed by atoms with van der Waals surface area (Å²) in [7, 11) is -16.4. The molecule has 1 fully saturated rings. The van der Waals surface area contributed by atoms with Crippen molar-refractivity contribution in [1.82, 2.24) is 0 Å². The third kappa shape index (κ3) is 9.40. The molecular formula is C11H21O18P3. The van der Waals surface area contributed by atoms with E-state index in [1.165, 1.54) is 0 Å². The van der Waals surface area contributed by atoms with Gasteiger partial charge < -0.3 is 44.9 Å². The monoisotopic (exact) mass is 534 g/mol. The smallest absolute Gasteiger partial charge is 0.390 e. The fourth-order valence-corrected chi connectivity index (χ4v) is 4.66. The number of aldehydes is 1. The van der Waals surface area contributed by atoms with Crippen molar-refractivity contribution in [1.29, 1.82) is 0 Å². The predicted molar refractivity (Wildman–Crippen MR) is 94.2 cm³/mol. The van der Waals surface area contributed by atoms with Crippen molar-refractivity contribution in [3.63, 3.8) is 0 Å². The lowest BCUT2D eigenvalue weighted by Crippen LogP contribution is -2.65. The minimum absolute atomic E-state index is 0.133. The van der Waals surface area contributed by atoms with E-state index in [4.69, 9.17) is 19.6 Å². The summed E-state index contributed by atoms with van der Waals surface area (Å²) in [6, 6.07) is 0. The molecule has 1 aliphatic rings. The van der Waals surface area contributed by atoms with Crippen LogP contribution in [-0.2, 0) is 41.4 Å². The Morgan fingerprint density at radius 2 is 1.25 bits per heavy atom. The number of Topliss-reactive ketones (excluding diaryl/α,β-unsaturated/α-hetero) is 1. The average molecular weight is 534 g/mol. The van der Waals surface area contributed by atoms with Gasteiger partial charge >= 0.3 is 23.5 Å². The SMILES string of the molecule is O=CC(=O)C[C@@H](O)COP(=O)(O)OC1C(O)[C@@H](O)C(OP(=O)(O)O)C(OP(=O)(O)O)[C@H]1O. The lowest BCUT2D eigenvalue weighted by atomic mass is 9.85. The summed E-state index contributed by atoms with van der Waals surface area (Å²) < 4.78 is 51.3. The highest BCUT2D eigenvalue weighted by molar-refractivity contribution is 7.47. The maximum atomic E-state index is 12.0. The van der Waals surface area contributed by atoms with E-state index in [-0.39, 0.29) is 6.29 Å². The van der Waals surface area contributed by atoms with Crippen molar-refractivity contribution >= 4 is 35.5 Å². The Hall–Kier alpha value is -0.490. The van der Waals surface area contributed by atoms with Crippen molar-refractivity contribution in [2.45, 2.75) is 49.1 Å². The third-order valence-corrected chi connectivity index (χ3v) is 5.81. The summed E-state index contributed by atoms with van der Waals surface area (Å²) in [5, 5.41) is 39.7. The van der Waals surface area contributed by atoms with E-state index >= 15 is 0 Å². The number of ketones is 1. The van der Waals surface area contributed by atoms with Crippen LogP contribution < -0.4 is 0 Å². The van der Waals surface area contributed by atoms with Crippen LogP contribution in [0.2, 0.25) is 0 Å². The molecule has 0 aromatic carbocycles. The zero-order chi connectivity index (χ0) is 25.1.